The van der Waals surface area contributed by atoms with Crippen molar-refractivity contribution in [3.8, 4) is 0 Å². The van der Waals surface area contributed by atoms with Gasteiger partial charge in [0.05, 0.1) is 5.41 Å². The highest BCUT2D eigenvalue weighted by Gasteiger charge is 2.50. The third-order valence-electron chi connectivity index (χ3n) is 3.56. The number of ether oxygens (including phenoxy) is 1. The maximum Gasteiger partial charge on any atom is 0.324 e. The summed E-state index contributed by atoms with van der Waals surface area (Å²) in [4.78, 5) is 25.8. The summed E-state index contributed by atoms with van der Waals surface area (Å²) in [6.07, 6.45) is 1.39. The maximum absolute atomic E-state index is 12.6. The summed E-state index contributed by atoms with van der Waals surface area (Å²) in [5.74, 6) is -0.0444. The van der Waals surface area contributed by atoms with Crippen LogP contribution in [0.25, 0.3) is 0 Å². The lowest BCUT2D eigenvalue weighted by molar-refractivity contribution is -0.151. The number of amides is 3. The van der Waals surface area contributed by atoms with Gasteiger partial charge in [0.2, 0.25) is 5.91 Å². The molecule has 2 saturated heterocycles. The second-order valence-electron chi connectivity index (χ2n) is 5.86. The molecule has 2 heterocycles. The van der Waals surface area contributed by atoms with Crippen molar-refractivity contribution in [2.75, 3.05) is 19.8 Å². The van der Waals surface area contributed by atoms with Crippen LogP contribution in [0, 0.1) is 5.41 Å². The van der Waals surface area contributed by atoms with Gasteiger partial charge >= 0.3 is 6.03 Å². The van der Waals surface area contributed by atoms with Gasteiger partial charge in [0.25, 0.3) is 0 Å². The van der Waals surface area contributed by atoms with Crippen molar-refractivity contribution in [3.05, 3.63) is 0 Å². The highest BCUT2D eigenvalue weighted by molar-refractivity contribution is 6.01. The highest BCUT2D eigenvalue weighted by atomic mass is 16.5. The van der Waals surface area contributed by atoms with Gasteiger partial charge in [0.1, 0.15) is 0 Å². The van der Waals surface area contributed by atoms with Gasteiger partial charge in [0, 0.05) is 25.3 Å². The number of carbonyl (C=O) groups is 2. The summed E-state index contributed by atoms with van der Waals surface area (Å²) in [5, 5.41) is 2.84. The Kier molecular flexibility index (Phi) is 2.89. The summed E-state index contributed by atoms with van der Waals surface area (Å²) >= 11 is 0. The molecular weight excluding hydrogens is 220 g/mol. The zero-order chi connectivity index (χ0) is 12.7. The Morgan fingerprint density at radius 2 is 1.82 bits per heavy atom. The van der Waals surface area contributed by atoms with E-state index >= 15 is 0 Å². The molecule has 0 aromatic carbocycles. The molecule has 0 bridgehead atoms. The molecule has 96 valence electrons. The fourth-order valence-electron chi connectivity index (χ4n) is 2.49. The molecule has 2 rings (SSSR count). The Balaban J connectivity index is 2.28. The van der Waals surface area contributed by atoms with Crippen LogP contribution in [-0.2, 0) is 9.53 Å². The van der Waals surface area contributed by atoms with E-state index in [0.29, 0.717) is 32.6 Å². The molecule has 2 aliphatic heterocycles. The Morgan fingerprint density at radius 3 is 2.35 bits per heavy atom. The lowest BCUT2D eigenvalue weighted by Gasteiger charge is -2.47. The van der Waals surface area contributed by atoms with Crippen LogP contribution in [0.4, 0.5) is 4.79 Å². The van der Waals surface area contributed by atoms with Gasteiger partial charge in [-0.3, -0.25) is 9.69 Å². The van der Waals surface area contributed by atoms with E-state index in [1.807, 2.05) is 20.8 Å². The fourth-order valence-corrected chi connectivity index (χ4v) is 2.49. The zero-order valence-corrected chi connectivity index (χ0v) is 10.7. The SMILES string of the molecule is CC(C)(C)N1C(=O)NCC2(CCOCC2)C1=O. The molecule has 0 aromatic rings. The first-order valence-electron chi connectivity index (χ1n) is 6.07. The van der Waals surface area contributed by atoms with E-state index in [2.05, 4.69) is 5.32 Å². The molecule has 0 aromatic heterocycles. The summed E-state index contributed by atoms with van der Waals surface area (Å²) in [5.41, 5.74) is -0.924. The van der Waals surface area contributed by atoms with Crippen molar-refractivity contribution in [3.63, 3.8) is 0 Å². The molecular formula is C12H20N2O3. The van der Waals surface area contributed by atoms with Gasteiger partial charge in [-0.15, -0.1) is 0 Å². The van der Waals surface area contributed by atoms with Gasteiger partial charge in [-0.2, -0.15) is 0 Å². The minimum absolute atomic E-state index is 0.0444. The summed E-state index contributed by atoms with van der Waals surface area (Å²) in [7, 11) is 0. The molecule has 5 nitrogen and oxygen atoms in total. The molecule has 0 atom stereocenters. The van der Waals surface area contributed by atoms with Gasteiger partial charge in [0.15, 0.2) is 0 Å². The number of nitrogens with one attached hydrogen (secondary N) is 1. The van der Waals surface area contributed by atoms with E-state index in [-0.39, 0.29) is 11.9 Å². The minimum atomic E-state index is -0.479. The summed E-state index contributed by atoms with van der Waals surface area (Å²) < 4.78 is 5.31. The van der Waals surface area contributed by atoms with Crippen molar-refractivity contribution in [2.45, 2.75) is 39.2 Å². The predicted molar refractivity (Wildman–Crippen MR) is 62.5 cm³/mol. The van der Waals surface area contributed by atoms with E-state index in [4.69, 9.17) is 4.74 Å². The number of rotatable bonds is 0. The third kappa shape index (κ3) is 2.04. The summed E-state index contributed by atoms with van der Waals surface area (Å²) in [6, 6.07) is -0.278. The van der Waals surface area contributed by atoms with Gasteiger partial charge in [-0.05, 0) is 33.6 Å². The zero-order valence-electron chi connectivity index (χ0n) is 10.7. The molecule has 0 radical (unpaired) electrons. The number of hydrogen-bond donors (Lipinski definition) is 1. The topological polar surface area (TPSA) is 58.6 Å². The number of urea groups is 1. The molecule has 1 N–H and O–H groups in total. The molecule has 0 saturated carbocycles. The van der Waals surface area contributed by atoms with Crippen LogP contribution in [0.1, 0.15) is 33.6 Å². The lowest BCUT2D eigenvalue weighted by Crippen LogP contribution is -2.66. The Labute approximate surface area is 101 Å². The molecule has 0 aliphatic carbocycles. The van der Waals surface area contributed by atoms with E-state index in [9.17, 15) is 9.59 Å². The molecule has 1 spiro atoms. The van der Waals surface area contributed by atoms with E-state index in [0.717, 1.165) is 0 Å². The average molecular weight is 240 g/mol. The Morgan fingerprint density at radius 1 is 1.24 bits per heavy atom. The number of imide groups is 1. The lowest BCUT2D eigenvalue weighted by atomic mass is 9.76. The predicted octanol–water partition coefficient (Wildman–Crippen LogP) is 1.13. The second-order valence-corrected chi connectivity index (χ2v) is 5.86. The number of hydrogen-bond acceptors (Lipinski definition) is 3. The van der Waals surface area contributed by atoms with Crippen LogP contribution in [0.15, 0.2) is 0 Å². The normalized spacial score (nSPS) is 25.0. The van der Waals surface area contributed by atoms with Crippen molar-refractivity contribution >= 4 is 11.9 Å². The van der Waals surface area contributed by atoms with Crippen LogP contribution >= 0.6 is 0 Å². The average Bonchev–Trinajstić information content (AvgIpc) is 2.24. The Hall–Kier alpha value is -1.10. The first-order chi connectivity index (χ1) is 7.87. The summed E-state index contributed by atoms with van der Waals surface area (Å²) in [6.45, 7) is 7.27. The van der Waals surface area contributed by atoms with Gasteiger partial charge < -0.3 is 10.1 Å². The first kappa shape index (κ1) is 12.4. The van der Waals surface area contributed by atoms with E-state index < -0.39 is 11.0 Å². The molecule has 5 heteroatoms. The number of nitrogens with zero attached hydrogens (tertiary/aromatic N) is 1. The monoisotopic (exact) mass is 240 g/mol. The van der Waals surface area contributed by atoms with Gasteiger partial charge in [-0.25, -0.2) is 4.79 Å². The van der Waals surface area contributed by atoms with Crippen LogP contribution in [0.3, 0.4) is 0 Å². The largest absolute Gasteiger partial charge is 0.381 e. The molecule has 3 amide bonds. The van der Waals surface area contributed by atoms with Crippen molar-refractivity contribution in [2.24, 2.45) is 5.41 Å². The maximum atomic E-state index is 12.6. The van der Waals surface area contributed by atoms with Crippen LogP contribution < -0.4 is 5.32 Å². The van der Waals surface area contributed by atoms with Gasteiger partial charge in [-0.1, -0.05) is 0 Å². The minimum Gasteiger partial charge on any atom is -0.381 e. The number of carbonyl (C=O) groups excluding carboxylic acids is 2. The third-order valence-corrected chi connectivity index (χ3v) is 3.56. The highest BCUT2D eigenvalue weighted by Crippen LogP contribution is 2.36. The first-order valence-corrected chi connectivity index (χ1v) is 6.07. The molecule has 2 aliphatic rings. The smallest absolute Gasteiger partial charge is 0.324 e. The fraction of sp³-hybridized carbons (Fsp3) is 0.833. The van der Waals surface area contributed by atoms with Crippen molar-refractivity contribution in [1.29, 1.82) is 0 Å². The molecule has 0 unspecified atom stereocenters. The second kappa shape index (κ2) is 3.98. The Bertz CT molecular complexity index is 340. The molecule has 2 fully saturated rings. The van der Waals surface area contributed by atoms with E-state index in [1.54, 1.807) is 0 Å². The quantitative estimate of drug-likeness (QED) is 0.690. The van der Waals surface area contributed by atoms with Crippen molar-refractivity contribution in [1.82, 2.24) is 10.2 Å². The van der Waals surface area contributed by atoms with Crippen LogP contribution in [-0.4, -0.2) is 42.1 Å². The van der Waals surface area contributed by atoms with Crippen LogP contribution in [0.2, 0.25) is 0 Å². The van der Waals surface area contributed by atoms with E-state index in [1.165, 1.54) is 4.90 Å². The molecule has 17 heavy (non-hydrogen) atoms. The van der Waals surface area contributed by atoms with Crippen LogP contribution in [0.5, 0.6) is 0 Å². The van der Waals surface area contributed by atoms with Crippen molar-refractivity contribution < 1.29 is 14.3 Å². The standard InChI is InChI=1S/C12H20N2O3/c1-11(2,3)14-9(15)12(8-13-10(14)16)4-6-17-7-5-12/h4-8H2,1-3H3,(H,13,16).